The van der Waals surface area contributed by atoms with Gasteiger partial charge in [0.25, 0.3) is 0 Å². The Morgan fingerprint density at radius 1 is 1.09 bits per heavy atom. The van der Waals surface area contributed by atoms with Crippen LogP contribution in [0.5, 0.6) is 5.75 Å². The van der Waals surface area contributed by atoms with Crippen LogP contribution in [0.1, 0.15) is 24.5 Å². The molecule has 1 atom stereocenters. The number of hydrogen-bond donors (Lipinski definition) is 1. The van der Waals surface area contributed by atoms with E-state index in [2.05, 4.69) is 27.0 Å². The zero-order valence-corrected chi connectivity index (χ0v) is 19.5. The number of benzene rings is 2. The monoisotopic (exact) mass is 464 g/mol. The Bertz CT molecular complexity index is 1160. The summed E-state index contributed by atoms with van der Waals surface area (Å²) in [6, 6.07) is 21.6. The zero-order chi connectivity index (χ0) is 22.3. The molecule has 1 amide bonds. The van der Waals surface area contributed by atoms with Crippen molar-refractivity contribution in [2.45, 2.75) is 30.7 Å². The van der Waals surface area contributed by atoms with Gasteiger partial charge in [-0.1, -0.05) is 48.2 Å². The molecule has 0 radical (unpaired) electrons. The molecule has 0 saturated heterocycles. The van der Waals surface area contributed by atoms with Gasteiger partial charge in [-0.2, -0.15) is 0 Å². The van der Waals surface area contributed by atoms with Crippen LogP contribution in [0, 0.1) is 0 Å². The molecule has 4 aromatic rings. The topological polar surface area (TPSA) is 69.0 Å². The largest absolute Gasteiger partial charge is 0.492 e. The number of nitrogens with zero attached hydrogens (tertiary/aromatic N) is 3. The molecule has 0 bridgehead atoms. The lowest BCUT2D eigenvalue weighted by Crippen LogP contribution is -2.23. The summed E-state index contributed by atoms with van der Waals surface area (Å²) in [6.45, 7) is 4.32. The Morgan fingerprint density at radius 2 is 1.88 bits per heavy atom. The number of aromatic nitrogens is 3. The Kier molecular flexibility index (Phi) is 7.24. The normalized spacial score (nSPS) is 11.8. The van der Waals surface area contributed by atoms with Gasteiger partial charge in [0.2, 0.25) is 5.91 Å². The number of para-hydroxylation sites is 3. The number of thioether (sulfide) groups is 1. The number of rotatable bonds is 9. The molecule has 0 aliphatic heterocycles. The number of anilines is 1. The average Bonchev–Trinajstić information content (AvgIpc) is 3.46. The van der Waals surface area contributed by atoms with E-state index >= 15 is 0 Å². The third kappa shape index (κ3) is 5.20. The second kappa shape index (κ2) is 10.5. The van der Waals surface area contributed by atoms with E-state index in [1.54, 1.807) is 11.3 Å². The van der Waals surface area contributed by atoms with E-state index in [4.69, 9.17) is 4.74 Å². The fraction of sp³-hybridized carbons (Fsp3) is 0.208. The number of ether oxygens (including phenoxy) is 1. The van der Waals surface area contributed by atoms with Gasteiger partial charge in [0, 0.05) is 17.0 Å². The Labute approximate surface area is 195 Å². The smallest absolute Gasteiger partial charge is 0.237 e. The summed E-state index contributed by atoms with van der Waals surface area (Å²) in [6.07, 6.45) is 0.683. The zero-order valence-electron chi connectivity index (χ0n) is 17.9. The highest BCUT2D eigenvalue weighted by molar-refractivity contribution is 8.00. The molecular formula is C24H24N4O2S2. The highest BCUT2D eigenvalue weighted by Gasteiger charge is 2.22. The minimum Gasteiger partial charge on any atom is -0.492 e. The van der Waals surface area contributed by atoms with Gasteiger partial charge in [0.1, 0.15) is 11.6 Å². The molecule has 0 saturated carbocycles. The van der Waals surface area contributed by atoms with Crippen molar-refractivity contribution in [1.82, 2.24) is 14.8 Å². The third-order valence-corrected chi connectivity index (χ3v) is 6.64. The van der Waals surface area contributed by atoms with Gasteiger partial charge in [-0.25, -0.2) is 0 Å². The Morgan fingerprint density at radius 3 is 2.62 bits per heavy atom. The van der Waals surface area contributed by atoms with Crippen LogP contribution in [-0.4, -0.2) is 32.5 Å². The lowest BCUT2D eigenvalue weighted by atomic mass is 10.3. The Hall–Kier alpha value is -3.10. The first-order valence-electron chi connectivity index (χ1n) is 10.4. The van der Waals surface area contributed by atoms with Crippen molar-refractivity contribution in [1.29, 1.82) is 0 Å². The van der Waals surface area contributed by atoms with Crippen molar-refractivity contribution >= 4 is 34.7 Å². The molecule has 1 N–H and O–H groups in total. The van der Waals surface area contributed by atoms with Crippen molar-refractivity contribution < 1.29 is 9.53 Å². The summed E-state index contributed by atoms with van der Waals surface area (Å²) < 4.78 is 7.65. The van der Waals surface area contributed by atoms with Crippen molar-refractivity contribution in [3.63, 3.8) is 0 Å². The van der Waals surface area contributed by atoms with E-state index in [1.165, 1.54) is 16.6 Å². The first-order chi connectivity index (χ1) is 15.7. The molecule has 2 aromatic heterocycles. The maximum absolute atomic E-state index is 12.9. The van der Waals surface area contributed by atoms with Gasteiger partial charge in [0.05, 0.1) is 17.5 Å². The number of nitrogens with one attached hydrogen (secondary N) is 1. The quantitative estimate of drug-likeness (QED) is 0.334. The van der Waals surface area contributed by atoms with Crippen LogP contribution >= 0.6 is 23.1 Å². The highest BCUT2D eigenvalue weighted by atomic mass is 32.2. The predicted molar refractivity (Wildman–Crippen MR) is 130 cm³/mol. The summed E-state index contributed by atoms with van der Waals surface area (Å²) in [5.41, 5.74) is 1.63. The molecule has 0 fully saturated rings. The highest BCUT2D eigenvalue weighted by Crippen LogP contribution is 2.29. The maximum atomic E-state index is 12.9. The molecular weight excluding hydrogens is 440 g/mol. The molecule has 2 aromatic carbocycles. The third-order valence-electron chi connectivity index (χ3n) is 4.72. The van der Waals surface area contributed by atoms with E-state index in [-0.39, 0.29) is 11.2 Å². The van der Waals surface area contributed by atoms with Crippen molar-refractivity contribution in [2.24, 2.45) is 0 Å². The summed E-state index contributed by atoms with van der Waals surface area (Å²) in [7, 11) is 0. The number of carbonyl (C=O) groups excluding carboxylic acids is 1. The van der Waals surface area contributed by atoms with E-state index < -0.39 is 0 Å². The van der Waals surface area contributed by atoms with Gasteiger partial charge in [0.15, 0.2) is 5.16 Å². The molecule has 0 aliphatic rings. The molecule has 1 unspecified atom stereocenters. The lowest BCUT2D eigenvalue weighted by Gasteiger charge is -2.15. The minimum atomic E-state index is -0.383. The number of thiophene rings is 1. The van der Waals surface area contributed by atoms with Gasteiger partial charge in [-0.15, -0.1) is 21.5 Å². The summed E-state index contributed by atoms with van der Waals surface area (Å²) >= 11 is 3.08. The molecule has 164 valence electrons. The van der Waals surface area contributed by atoms with Crippen LogP contribution in [0.15, 0.2) is 77.3 Å². The van der Waals surface area contributed by atoms with E-state index in [0.29, 0.717) is 29.6 Å². The Balaban J connectivity index is 1.56. The van der Waals surface area contributed by atoms with E-state index in [0.717, 1.165) is 11.5 Å². The predicted octanol–water partition coefficient (Wildman–Crippen LogP) is 5.44. The fourth-order valence-electron chi connectivity index (χ4n) is 3.19. The molecule has 2 heterocycles. The second-order valence-electron chi connectivity index (χ2n) is 7.00. The van der Waals surface area contributed by atoms with Gasteiger partial charge in [-0.05, 0) is 49.6 Å². The number of hydrogen-bond acceptors (Lipinski definition) is 6. The lowest BCUT2D eigenvalue weighted by molar-refractivity contribution is -0.115. The van der Waals surface area contributed by atoms with Crippen LogP contribution in [-0.2, 0) is 11.2 Å². The standard InChI is InChI=1S/C24H24N4O2S2/c1-3-30-21-14-8-7-13-20(21)25-23(29)17(2)32-24-27-26-22(16-19-12-9-15-31-19)28(24)18-10-5-4-6-11-18/h4-15,17H,3,16H2,1-2H3,(H,25,29). The molecule has 32 heavy (non-hydrogen) atoms. The number of amides is 1. The average molecular weight is 465 g/mol. The van der Waals surface area contributed by atoms with E-state index in [9.17, 15) is 4.79 Å². The molecule has 0 aliphatic carbocycles. The van der Waals surface area contributed by atoms with Crippen LogP contribution in [0.3, 0.4) is 0 Å². The minimum absolute atomic E-state index is 0.121. The summed E-state index contributed by atoms with van der Waals surface area (Å²) in [4.78, 5) is 14.2. The summed E-state index contributed by atoms with van der Waals surface area (Å²) in [5.74, 6) is 1.38. The molecule has 8 heteroatoms. The fourth-order valence-corrected chi connectivity index (χ4v) is 4.78. The van der Waals surface area contributed by atoms with Crippen LogP contribution in [0.25, 0.3) is 5.69 Å². The first-order valence-corrected chi connectivity index (χ1v) is 12.1. The molecule has 6 nitrogen and oxygen atoms in total. The number of carbonyl (C=O) groups is 1. The van der Waals surface area contributed by atoms with Crippen LogP contribution in [0.4, 0.5) is 5.69 Å². The van der Waals surface area contributed by atoms with Crippen molar-refractivity contribution in [3.05, 3.63) is 82.8 Å². The van der Waals surface area contributed by atoms with Crippen LogP contribution < -0.4 is 10.1 Å². The molecule has 0 spiro atoms. The summed E-state index contributed by atoms with van der Waals surface area (Å²) in [5, 5.41) is 14.2. The van der Waals surface area contributed by atoms with Gasteiger partial charge < -0.3 is 10.1 Å². The first kappa shape index (κ1) is 22.1. The van der Waals surface area contributed by atoms with Crippen LogP contribution in [0.2, 0.25) is 0 Å². The SMILES string of the molecule is CCOc1ccccc1NC(=O)C(C)Sc1nnc(Cc2cccs2)n1-c1ccccc1. The van der Waals surface area contributed by atoms with Crippen molar-refractivity contribution in [2.75, 3.05) is 11.9 Å². The van der Waals surface area contributed by atoms with Crippen molar-refractivity contribution in [3.8, 4) is 11.4 Å². The maximum Gasteiger partial charge on any atom is 0.237 e. The van der Waals surface area contributed by atoms with Gasteiger partial charge in [-0.3, -0.25) is 9.36 Å². The second-order valence-corrected chi connectivity index (χ2v) is 9.34. The van der Waals surface area contributed by atoms with E-state index in [1.807, 2.05) is 79.1 Å². The molecule has 4 rings (SSSR count). The van der Waals surface area contributed by atoms with Gasteiger partial charge >= 0.3 is 0 Å².